The normalized spacial score (nSPS) is 16.4. The Morgan fingerprint density at radius 1 is 1.41 bits per heavy atom. The van der Waals surface area contributed by atoms with Crippen molar-refractivity contribution in [2.75, 3.05) is 12.3 Å². The van der Waals surface area contributed by atoms with Gasteiger partial charge in [-0.05, 0) is 43.5 Å². The van der Waals surface area contributed by atoms with Crippen LogP contribution >= 0.6 is 0 Å². The summed E-state index contributed by atoms with van der Waals surface area (Å²) in [5.41, 5.74) is 6.95. The second-order valence-electron chi connectivity index (χ2n) is 4.46. The Labute approximate surface area is 102 Å². The Balaban J connectivity index is 2.43. The van der Waals surface area contributed by atoms with Gasteiger partial charge in [-0.1, -0.05) is 6.92 Å². The first-order chi connectivity index (χ1) is 7.96. The lowest BCUT2D eigenvalue weighted by atomic mass is 10.2. The molecule has 1 saturated carbocycles. The number of nitrogens with zero attached hydrogens (tertiary/aromatic N) is 1. The van der Waals surface area contributed by atoms with Crippen LogP contribution in [0.3, 0.4) is 0 Å². The quantitative estimate of drug-likeness (QED) is 0.833. The van der Waals surface area contributed by atoms with Gasteiger partial charge in [0.25, 0.3) is 0 Å². The molecule has 17 heavy (non-hydrogen) atoms. The summed E-state index contributed by atoms with van der Waals surface area (Å²) in [6.07, 6.45) is 1.95. The number of nitrogen functional groups attached to an aromatic ring is 1. The highest BCUT2D eigenvalue weighted by Gasteiger charge is 2.37. The summed E-state index contributed by atoms with van der Waals surface area (Å²) in [6.45, 7) is 4.18. The highest BCUT2D eigenvalue weighted by Crippen LogP contribution is 2.32. The topological polar surface area (TPSA) is 63.4 Å². The predicted molar refractivity (Wildman–Crippen MR) is 68.2 cm³/mol. The second kappa shape index (κ2) is 4.31. The molecule has 1 aromatic carbocycles. The van der Waals surface area contributed by atoms with E-state index in [2.05, 4.69) is 0 Å². The van der Waals surface area contributed by atoms with Gasteiger partial charge in [-0.3, -0.25) is 0 Å². The van der Waals surface area contributed by atoms with Crippen LogP contribution in [0.2, 0.25) is 0 Å². The Hall–Kier alpha value is -1.07. The summed E-state index contributed by atoms with van der Waals surface area (Å²) in [5, 5.41) is 0. The van der Waals surface area contributed by atoms with Gasteiger partial charge in [0.2, 0.25) is 10.0 Å². The maximum atomic E-state index is 12.5. The van der Waals surface area contributed by atoms with Crippen LogP contribution in [0.5, 0.6) is 0 Å². The molecule has 0 atom stereocenters. The molecule has 1 aliphatic rings. The van der Waals surface area contributed by atoms with E-state index < -0.39 is 10.0 Å². The van der Waals surface area contributed by atoms with Crippen molar-refractivity contribution in [3.05, 3.63) is 23.8 Å². The third-order valence-corrected chi connectivity index (χ3v) is 5.24. The fraction of sp³-hybridized carbons (Fsp3) is 0.500. The van der Waals surface area contributed by atoms with Gasteiger partial charge in [0.15, 0.2) is 0 Å². The zero-order valence-electron chi connectivity index (χ0n) is 10.2. The minimum Gasteiger partial charge on any atom is -0.399 e. The van der Waals surface area contributed by atoms with Crippen LogP contribution in [-0.4, -0.2) is 25.3 Å². The molecular formula is C12H18N2O2S. The Bertz CT molecular complexity index is 521. The number of hydrogen-bond donors (Lipinski definition) is 1. The van der Waals surface area contributed by atoms with Gasteiger partial charge in [-0.2, -0.15) is 4.31 Å². The van der Waals surface area contributed by atoms with Gasteiger partial charge in [0.1, 0.15) is 0 Å². The molecule has 0 heterocycles. The lowest BCUT2D eigenvalue weighted by molar-refractivity contribution is 0.420. The summed E-state index contributed by atoms with van der Waals surface area (Å²) in [4.78, 5) is 0.375. The summed E-state index contributed by atoms with van der Waals surface area (Å²) in [6, 6.07) is 5.14. The smallest absolute Gasteiger partial charge is 0.243 e. The first-order valence-corrected chi connectivity index (χ1v) is 7.28. The standard InChI is InChI=1S/C12H18N2O2S/c1-3-14(11-5-6-11)17(15,16)12-7-4-10(13)8-9(12)2/h4,7-8,11H,3,5-6,13H2,1-2H3. The van der Waals surface area contributed by atoms with E-state index in [1.165, 1.54) is 0 Å². The molecule has 0 amide bonds. The molecule has 0 unspecified atom stereocenters. The van der Waals surface area contributed by atoms with Crippen molar-refractivity contribution in [1.82, 2.24) is 4.31 Å². The van der Waals surface area contributed by atoms with Crippen molar-refractivity contribution >= 4 is 15.7 Å². The maximum Gasteiger partial charge on any atom is 0.243 e. The lowest BCUT2D eigenvalue weighted by Crippen LogP contribution is -2.33. The number of aryl methyl sites for hydroxylation is 1. The largest absolute Gasteiger partial charge is 0.399 e. The monoisotopic (exact) mass is 254 g/mol. The van der Waals surface area contributed by atoms with Gasteiger partial charge >= 0.3 is 0 Å². The highest BCUT2D eigenvalue weighted by molar-refractivity contribution is 7.89. The summed E-state index contributed by atoms with van der Waals surface area (Å²) < 4.78 is 26.5. The minimum absolute atomic E-state index is 0.196. The molecule has 0 aliphatic heterocycles. The molecule has 1 fully saturated rings. The molecule has 2 N–H and O–H groups in total. The summed E-state index contributed by atoms with van der Waals surface area (Å²) in [5.74, 6) is 0. The maximum absolute atomic E-state index is 12.5. The van der Waals surface area contributed by atoms with Gasteiger partial charge in [0.05, 0.1) is 4.90 Å². The van der Waals surface area contributed by atoms with Crippen LogP contribution < -0.4 is 5.73 Å². The molecule has 0 bridgehead atoms. The van der Waals surface area contributed by atoms with E-state index in [4.69, 9.17) is 5.73 Å². The van der Waals surface area contributed by atoms with Crippen LogP contribution in [0.4, 0.5) is 5.69 Å². The van der Waals surface area contributed by atoms with Gasteiger partial charge in [-0.15, -0.1) is 0 Å². The summed E-state index contributed by atoms with van der Waals surface area (Å²) >= 11 is 0. The van der Waals surface area contributed by atoms with Crippen LogP contribution in [0, 0.1) is 6.92 Å². The first-order valence-electron chi connectivity index (χ1n) is 5.84. The van der Waals surface area contributed by atoms with Crippen LogP contribution in [-0.2, 0) is 10.0 Å². The predicted octanol–water partition coefficient (Wildman–Crippen LogP) is 1.75. The van der Waals surface area contributed by atoms with Gasteiger partial charge in [0, 0.05) is 18.3 Å². The van der Waals surface area contributed by atoms with Gasteiger partial charge in [-0.25, -0.2) is 8.42 Å². The second-order valence-corrected chi connectivity index (χ2v) is 6.32. The molecule has 94 valence electrons. The van der Waals surface area contributed by atoms with E-state index in [0.717, 1.165) is 12.8 Å². The SMILES string of the molecule is CCN(C1CC1)S(=O)(=O)c1ccc(N)cc1C. The Kier molecular flexibility index (Phi) is 3.14. The van der Waals surface area contributed by atoms with E-state index in [0.29, 0.717) is 22.7 Å². The van der Waals surface area contributed by atoms with Crippen LogP contribution in [0.25, 0.3) is 0 Å². The molecule has 2 rings (SSSR count). The molecule has 0 aromatic heterocycles. The molecule has 1 aromatic rings. The third-order valence-electron chi connectivity index (χ3n) is 3.05. The fourth-order valence-electron chi connectivity index (χ4n) is 2.08. The van der Waals surface area contributed by atoms with Crippen molar-refractivity contribution < 1.29 is 8.42 Å². The molecule has 5 heteroatoms. The zero-order valence-corrected chi connectivity index (χ0v) is 11.0. The van der Waals surface area contributed by atoms with E-state index >= 15 is 0 Å². The van der Waals surface area contributed by atoms with Crippen LogP contribution in [0.15, 0.2) is 23.1 Å². The van der Waals surface area contributed by atoms with Crippen molar-refractivity contribution in [2.45, 2.75) is 37.6 Å². The van der Waals surface area contributed by atoms with E-state index in [-0.39, 0.29) is 6.04 Å². The van der Waals surface area contributed by atoms with E-state index in [9.17, 15) is 8.42 Å². The number of rotatable bonds is 4. The lowest BCUT2D eigenvalue weighted by Gasteiger charge is -2.21. The number of nitrogens with two attached hydrogens (primary N) is 1. The zero-order chi connectivity index (χ0) is 12.6. The molecule has 1 aliphatic carbocycles. The van der Waals surface area contributed by atoms with Crippen molar-refractivity contribution in [1.29, 1.82) is 0 Å². The minimum atomic E-state index is -3.36. The van der Waals surface area contributed by atoms with Crippen LogP contribution in [0.1, 0.15) is 25.3 Å². The summed E-state index contributed by atoms with van der Waals surface area (Å²) in [7, 11) is -3.36. The molecule has 0 radical (unpaired) electrons. The Morgan fingerprint density at radius 3 is 2.53 bits per heavy atom. The van der Waals surface area contributed by atoms with Crippen molar-refractivity contribution in [3.63, 3.8) is 0 Å². The number of sulfonamides is 1. The highest BCUT2D eigenvalue weighted by atomic mass is 32.2. The van der Waals surface area contributed by atoms with Crippen molar-refractivity contribution in [3.8, 4) is 0 Å². The molecule has 0 saturated heterocycles. The third kappa shape index (κ3) is 2.30. The first kappa shape index (κ1) is 12.4. The number of hydrogen-bond acceptors (Lipinski definition) is 3. The van der Waals surface area contributed by atoms with E-state index in [1.54, 1.807) is 29.4 Å². The molecule has 4 nitrogen and oxygen atoms in total. The van der Waals surface area contributed by atoms with Crippen molar-refractivity contribution in [2.24, 2.45) is 0 Å². The van der Waals surface area contributed by atoms with Gasteiger partial charge < -0.3 is 5.73 Å². The molecular weight excluding hydrogens is 236 g/mol. The Morgan fingerprint density at radius 2 is 2.06 bits per heavy atom. The fourth-order valence-corrected chi connectivity index (χ4v) is 3.98. The average Bonchev–Trinajstić information content (AvgIpc) is 3.01. The average molecular weight is 254 g/mol. The van der Waals surface area contributed by atoms with E-state index in [1.807, 2.05) is 6.92 Å². The number of anilines is 1. The number of benzene rings is 1. The molecule has 0 spiro atoms.